The number of benzene rings is 1. The summed E-state index contributed by atoms with van der Waals surface area (Å²) in [6, 6.07) is 4.05. The molecule has 0 unspecified atom stereocenters. The minimum atomic E-state index is 0.593. The third-order valence-corrected chi connectivity index (χ3v) is 5.20. The molecule has 1 fully saturated rings. The first kappa shape index (κ1) is 13.9. The molecule has 4 heteroatoms. The average Bonchev–Trinajstić information content (AvgIpc) is 2.89. The summed E-state index contributed by atoms with van der Waals surface area (Å²) < 4.78 is 6.31. The van der Waals surface area contributed by atoms with E-state index in [-0.39, 0.29) is 0 Å². The summed E-state index contributed by atoms with van der Waals surface area (Å²) in [6.07, 6.45) is 6.51. The van der Waals surface area contributed by atoms with Gasteiger partial charge in [0.2, 0.25) is 0 Å². The average molecular weight is 337 g/mol. The van der Waals surface area contributed by atoms with Crippen LogP contribution in [0.25, 0.3) is 11.0 Å². The number of imidazole rings is 1. The predicted molar refractivity (Wildman–Crippen MR) is 85.3 cm³/mol. The molecule has 0 bridgehead atoms. The van der Waals surface area contributed by atoms with Crippen LogP contribution in [0, 0.1) is 5.92 Å². The van der Waals surface area contributed by atoms with Gasteiger partial charge in [-0.25, -0.2) is 4.98 Å². The maximum Gasteiger partial charge on any atom is 0.135 e. The Kier molecular flexibility index (Phi) is 4.01. The van der Waals surface area contributed by atoms with Crippen LogP contribution in [0.4, 0.5) is 0 Å². The van der Waals surface area contributed by atoms with Crippen molar-refractivity contribution in [2.75, 3.05) is 7.11 Å². The highest BCUT2D eigenvalue weighted by molar-refractivity contribution is 9.10. The molecule has 0 spiro atoms. The second-order valence-electron chi connectivity index (χ2n) is 5.75. The molecular formula is C16H21BrN2O. The number of halogens is 1. The van der Waals surface area contributed by atoms with Gasteiger partial charge in [-0.2, -0.15) is 0 Å². The Morgan fingerprint density at radius 2 is 2.05 bits per heavy atom. The zero-order chi connectivity index (χ0) is 14.1. The smallest absolute Gasteiger partial charge is 0.135 e. The first-order valence-corrected chi connectivity index (χ1v) is 8.23. The van der Waals surface area contributed by atoms with E-state index in [2.05, 4.69) is 33.9 Å². The molecule has 0 aliphatic heterocycles. The van der Waals surface area contributed by atoms with E-state index in [1.165, 1.54) is 32.1 Å². The van der Waals surface area contributed by atoms with Crippen molar-refractivity contribution < 1.29 is 4.74 Å². The Morgan fingerprint density at radius 1 is 1.30 bits per heavy atom. The number of H-pyrrole nitrogens is 1. The molecule has 0 saturated heterocycles. The number of fused-ring (bicyclic) bond motifs is 1. The zero-order valence-corrected chi connectivity index (χ0v) is 13.7. The lowest BCUT2D eigenvalue weighted by Gasteiger charge is -2.26. The van der Waals surface area contributed by atoms with Crippen molar-refractivity contribution in [2.24, 2.45) is 5.92 Å². The highest BCUT2D eigenvalue weighted by Crippen LogP contribution is 2.37. The van der Waals surface area contributed by atoms with Crippen LogP contribution < -0.4 is 4.74 Å². The minimum absolute atomic E-state index is 0.593. The topological polar surface area (TPSA) is 37.9 Å². The normalized spacial score (nSPS) is 23.1. The number of nitrogens with one attached hydrogen (secondary N) is 1. The number of hydrogen-bond donors (Lipinski definition) is 1. The molecule has 20 heavy (non-hydrogen) atoms. The van der Waals surface area contributed by atoms with Crippen LogP contribution >= 0.6 is 15.9 Å². The fourth-order valence-corrected chi connectivity index (χ4v) is 3.73. The van der Waals surface area contributed by atoms with Gasteiger partial charge in [-0.05, 0) is 53.6 Å². The molecule has 3 rings (SSSR count). The van der Waals surface area contributed by atoms with Crippen molar-refractivity contribution >= 4 is 27.0 Å². The summed E-state index contributed by atoms with van der Waals surface area (Å²) in [6.45, 7) is 2.30. The van der Waals surface area contributed by atoms with E-state index in [4.69, 9.17) is 9.72 Å². The monoisotopic (exact) mass is 336 g/mol. The van der Waals surface area contributed by atoms with Gasteiger partial charge in [0.15, 0.2) is 0 Å². The fraction of sp³-hybridized carbons (Fsp3) is 0.562. The van der Waals surface area contributed by atoms with Crippen molar-refractivity contribution in [1.82, 2.24) is 9.97 Å². The number of ether oxygens (including phenoxy) is 1. The molecule has 1 saturated carbocycles. The molecule has 1 aromatic carbocycles. The number of nitrogens with zero attached hydrogens (tertiary/aromatic N) is 1. The number of methoxy groups -OCH3 is 1. The Morgan fingerprint density at radius 3 is 2.70 bits per heavy atom. The second-order valence-corrected chi connectivity index (χ2v) is 6.61. The highest BCUT2D eigenvalue weighted by Gasteiger charge is 2.23. The van der Waals surface area contributed by atoms with Crippen molar-refractivity contribution in [3.8, 4) is 5.75 Å². The largest absolute Gasteiger partial charge is 0.495 e. The number of hydrogen-bond acceptors (Lipinski definition) is 2. The molecule has 2 aromatic rings. The third kappa shape index (κ3) is 2.58. The summed E-state index contributed by atoms with van der Waals surface area (Å²) in [5, 5.41) is 0. The van der Waals surface area contributed by atoms with Crippen LogP contribution in [0.5, 0.6) is 5.75 Å². The van der Waals surface area contributed by atoms with Gasteiger partial charge in [-0.15, -0.1) is 0 Å². The molecule has 108 valence electrons. The maximum atomic E-state index is 5.34. The van der Waals surface area contributed by atoms with Crippen LogP contribution in [0.1, 0.15) is 50.8 Å². The van der Waals surface area contributed by atoms with E-state index in [9.17, 15) is 0 Å². The van der Waals surface area contributed by atoms with Crippen molar-refractivity contribution in [1.29, 1.82) is 0 Å². The lowest BCUT2D eigenvalue weighted by Crippen LogP contribution is -2.13. The van der Waals surface area contributed by atoms with Gasteiger partial charge >= 0.3 is 0 Å². The fourth-order valence-electron chi connectivity index (χ4n) is 3.22. The quantitative estimate of drug-likeness (QED) is 0.854. The predicted octanol–water partition coefficient (Wildman–Crippen LogP) is 5.02. The Bertz CT molecular complexity index is 600. The summed E-state index contributed by atoms with van der Waals surface area (Å²) in [4.78, 5) is 8.27. The maximum absolute atomic E-state index is 5.34. The Balaban J connectivity index is 1.86. The van der Waals surface area contributed by atoms with Crippen LogP contribution in [-0.2, 0) is 0 Å². The van der Waals surface area contributed by atoms with E-state index in [1.807, 2.05) is 6.07 Å². The van der Waals surface area contributed by atoms with E-state index in [1.54, 1.807) is 7.11 Å². The van der Waals surface area contributed by atoms with Gasteiger partial charge in [-0.1, -0.05) is 13.3 Å². The van der Waals surface area contributed by atoms with E-state index in [0.29, 0.717) is 5.92 Å². The Hall–Kier alpha value is -1.03. The van der Waals surface area contributed by atoms with E-state index >= 15 is 0 Å². The molecular weight excluding hydrogens is 316 g/mol. The molecule has 0 amide bonds. The van der Waals surface area contributed by atoms with Crippen molar-refractivity contribution in [3.05, 3.63) is 22.4 Å². The van der Waals surface area contributed by atoms with Gasteiger partial charge in [0, 0.05) is 12.0 Å². The number of aromatic amines is 1. The van der Waals surface area contributed by atoms with Gasteiger partial charge in [0.25, 0.3) is 0 Å². The lowest BCUT2D eigenvalue weighted by atomic mass is 9.80. The van der Waals surface area contributed by atoms with Gasteiger partial charge in [-0.3, -0.25) is 0 Å². The van der Waals surface area contributed by atoms with Gasteiger partial charge in [0.05, 0.1) is 22.6 Å². The van der Waals surface area contributed by atoms with Crippen molar-refractivity contribution in [2.45, 2.75) is 44.9 Å². The summed E-state index contributed by atoms with van der Waals surface area (Å²) in [5.74, 6) is 3.50. The van der Waals surface area contributed by atoms with Gasteiger partial charge in [0.1, 0.15) is 11.6 Å². The molecule has 3 nitrogen and oxygen atoms in total. The first-order chi connectivity index (χ1) is 9.71. The van der Waals surface area contributed by atoms with E-state index in [0.717, 1.165) is 33.0 Å². The zero-order valence-electron chi connectivity index (χ0n) is 12.1. The molecule has 1 aromatic heterocycles. The standard InChI is InChI=1S/C16H21BrN2O/c1-3-10-4-6-11(7-5-10)16-18-13-8-12(17)15(20-2)9-14(13)19-16/h8-11H,3-7H2,1-2H3,(H,18,19). The second kappa shape index (κ2) is 5.76. The van der Waals surface area contributed by atoms with Crippen molar-refractivity contribution in [3.63, 3.8) is 0 Å². The molecule has 1 aliphatic rings. The first-order valence-electron chi connectivity index (χ1n) is 7.44. The lowest BCUT2D eigenvalue weighted by molar-refractivity contribution is 0.313. The number of rotatable bonds is 3. The van der Waals surface area contributed by atoms with Crippen LogP contribution in [0.15, 0.2) is 16.6 Å². The summed E-state index contributed by atoms with van der Waals surface area (Å²) in [7, 11) is 1.69. The Labute approximate surface area is 128 Å². The summed E-state index contributed by atoms with van der Waals surface area (Å²) in [5.41, 5.74) is 2.09. The summed E-state index contributed by atoms with van der Waals surface area (Å²) >= 11 is 3.53. The highest BCUT2D eigenvalue weighted by atomic mass is 79.9. The molecule has 0 radical (unpaired) electrons. The molecule has 1 aliphatic carbocycles. The third-order valence-electron chi connectivity index (χ3n) is 4.58. The molecule has 0 atom stereocenters. The molecule has 1 heterocycles. The molecule has 1 N–H and O–H groups in total. The van der Waals surface area contributed by atoms with Crippen LogP contribution in [0.2, 0.25) is 0 Å². The van der Waals surface area contributed by atoms with E-state index < -0.39 is 0 Å². The van der Waals surface area contributed by atoms with Crippen LogP contribution in [-0.4, -0.2) is 17.1 Å². The van der Waals surface area contributed by atoms with Crippen LogP contribution in [0.3, 0.4) is 0 Å². The minimum Gasteiger partial charge on any atom is -0.495 e. The SMILES string of the molecule is CCC1CCC(c2nc3cc(OC)c(Br)cc3[nH]2)CC1. The number of aromatic nitrogens is 2. The van der Waals surface area contributed by atoms with Gasteiger partial charge < -0.3 is 9.72 Å².